The summed E-state index contributed by atoms with van der Waals surface area (Å²) in [6.07, 6.45) is 5.90. The van der Waals surface area contributed by atoms with E-state index in [1.807, 2.05) is 6.07 Å². The zero-order chi connectivity index (χ0) is 19.0. The molecular weight excluding hydrogens is 376 g/mol. The third-order valence-electron chi connectivity index (χ3n) is 6.89. The summed E-state index contributed by atoms with van der Waals surface area (Å²) in [7, 11) is 3.19. The van der Waals surface area contributed by atoms with Crippen molar-refractivity contribution in [3.05, 3.63) is 29.5 Å². The number of hydrogen-bond donors (Lipinski definition) is 1. The highest BCUT2D eigenvalue weighted by molar-refractivity contribution is 5.86. The highest BCUT2D eigenvalue weighted by Gasteiger charge is 2.47. The lowest BCUT2D eigenvalue weighted by atomic mass is 9.65. The number of ether oxygens (including phenoxy) is 2. The fraction of sp³-hybridized carbons (Fsp3) is 0.591. The van der Waals surface area contributed by atoms with Gasteiger partial charge in [0.1, 0.15) is 5.75 Å². The average molecular weight is 407 g/mol. The first-order chi connectivity index (χ1) is 13.1. The summed E-state index contributed by atoms with van der Waals surface area (Å²) in [6, 6.07) is 6.68. The van der Waals surface area contributed by atoms with Gasteiger partial charge in [0.25, 0.3) is 0 Å². The molecule has 0 saturated carbocycles. The van der Waals surface area contributed by atoms with E-state index in [2.05, 4.69) is 28.9 Å². The lowest BCUT2D eigenvalue weighted by molar-refractivity contribution is -0.142. The van der Waals surface area contributed by atoms with Gasteiger partial charge in [-0.1, -0.05) is 6.92 Å². The van der Waals surface area contributed by atoms with Gasteiger partial charge in [0, 0.05) is 35.6 Å². The van der Waals surface area contributed by atoms with Crippen LogP contribution in [0, 0.1) is 5.41 Å². The normalized spacial score (nSPS) is 24.2. The third-order valence-corrected chi connectivity index (χ3v) is 6.89. The van der Waals surface area contributed by atoms with Gasteiger partial charge in [-0.2, -0.15) is 0 Å². The van der Waals surface area contributed by atoms with Gasteiger partial charge in [0.2, 0.25) is 0 Å². The molecule has 1 saturated heterocycles. The number of nitrogens with one attached hydrogen (secondary N) is 1. The molecule has 5 nitrogen and oxygen atoms in total. The predicted octanol–water partition coefficient (Wildman–Crippen LogP) is 4.64. The zero-order valence-electron chi connectivity index (χ0n) is 17.0. The predicted molar refractivity (Wildman–Crippen MR) is 113 cm³/mol. The Morgan fingerprint density at radius 3 is 2.86 bits per heavy atom. The summed E-state index contributed by atoms with van der Waals surface area (Å²) in [5, 5.41) is 1.31. The molecule has 3 heterocycles. The van der Waals surface area contributed by atoms with Crippen molar-refractivity contribution in [3.8, 4) is 5.75 Å². The number of halogens is 1. The van der Waals surface area contributed by atoms with Crippen LogP contribution in [0.2, 0.25) is 0 Å². The quantitative estimate of drug-likeness (QED) is 0.735. The topological polar surface area (TPSA) is 54.6 Å². The standard InChI is InChI=1S/C22H30N2O3.ClH/c1-4-22(11-8-19(25)27-3)10-5-12-24-13-9-17-16-7-6-15(26-2)14-18(16)23-20(17)21(22)24;/h6-7,14,21,23H,4-5,8-13H2,1-3H3;1H. The lowest BCUT2D eigenvalue weighted by Crippen LogP contribution is -2.49. The number of aromatic amines is 1. The molecule has 4 rings (SSSR count). The minimum atomic E-state index is -0.0997. The fourth-order valence-corrected chi connectivity index (χ4v) is 5.42. The van der Waals surface area contributed by atoms with E-state index in [0.29, 0.717) is 12.5 Å². The summed E-state index contributed by atoms with van der Waals surface area (Å²) in [6.45, 7) is 4.51. The summed E-state index contributed by atoms with van der Waals surface area (Å²) in [5.41, 5.74) is 4.08. The number of nitrogens with zero attached hydrogens (tertiary/aromatic N) is 1. The number of rotatable bonds is 5. The molecular formula is C22H31ClN2O3. The van der Waals surface area contributed by atoms with Crippen molar-refractivity contribution in [2.75, 3.05) is 27.3 Å². The van der Waals surface area contributed by atoms with Gasteiger partial charge >= 0.3 is 5.97 Å². The van der Waals surface area contributed by atoms with Crippen LogP contribution in [0.15, 0.2) is 18.2 Å². The number of carbonyl (C=O) groups is 1. The third kappa shape index (κ3) is 3.39. The van der Waals surface area contributed by atoms with Crippen molar-refractivity contribution in [2.45, 2.75) is 51.5 Å². The number of hydrogen-bond acceptors (Lipinski definition) is 4. The molecule has 0 radical (unpaired) electrons. The van der Waals surface area contributed by atoms with Crippen molar-refractivity contribution in [3.63, 3.8) is 0 Å². The van der Waals surface area contributed by atoms with E-state index in [1.54, 1.807) is 7.11 Å². The maximum absolute atomic E-state index is 11.9. The Bertz CT molecular complexity index is 850. The Balaban J connectivity index is 0.00000225. The SMILES string of the molecule is CCC1(CCC(=O)OC)CCCN2CCc3c([nH]c4cc(OC)ccc34)C21.Cl. The molecule has 2 aromatic rings. The molecule has 1 aromatic heterocycles. The highest BCUT2D eigenvalue weighted by atomic mass is 35.5. The van der Waals surface area contributed by atoms with Crippen LogP contribution in [0.5, 0.6) is 5.75 Å². The molecule has 1 fully saturated rings. The van der Waals surface area contributed by atoms with Gasteiger partial charge in [0.05, 0.1) is 20.3 Å². The van der Waals surface area contributed by atoms with Crippen molar-refractivity contribution in [1.82, 2.24) is 9.88 Å². The summed E-state index contributed by atoms with van der Waals surface area (Å²) in [4.78, 5) is 18.3. The summed E-state index contributed by atoms with van der Waals surface area (Å²) in [5.74, 6) is 0.784. The second-order valence-electron chi connectivity index (χ2n) is 8.01. The number of aromatic nitrogens is 1. The van der Waals surface area contributed by atoms with E-state index in [-0.39, 0.29) is 23.8 Å². The van der Waals surface area contributed by atoms with Crippen molar-refractivity contribution < 1.29 is 14.3 Å². The Morgan fingerprint density at radius 2 is 2.14 bits per heavy atom. The van der Waals surface area contributed by atoms with Crippen molar-refractivity contribution in [2.24, 2.45) is 5.41 Å². The first kappa shape index (κ1) is 21.0. The molecule has 1 aromatic carbocycles. The van der Waals surface area contributed by atoms with E-state index in [4.69, 9.17) is 9.47 Å². The van der Waals surface area contributed by atoms with Crippen LogP contribution in [0.25, 0.3) is 10.9 Å². The van der Waals surface area contributed by atoms with Crippen LogP contribution in [0.4, 0.5) is 0 Å². The Labute approximate surface area is 173 Å². The van der Waals surface area contributed by atoms with Gasteiger partial charge in [-0.25, -0.2) is 0 Å². The summed E-state index contributed by atoms with van der Waals surface area (Å²) >= 11 is 0. The van der Waals surface area contributed by atoms with Crippen molar-refractivity contribution in [1.29, 1.82) is 0 Å². The smallest absolute Gasteiger partial charge is 0.305 e. The van der Waals surface area contributed by atoms with E-state index < -0.39 is 0 Å². The molecule has 6 heteroatoms. The van der Waals surface area contributed by atoms with E-state index in [0.717, 1.165) is 43.6 Å². The van der Waals surface area contributed by atoms with Crippen LogP contribution in [-0.4, -0.2) is 43.2 Å². The first-order valence-electron chi connectivity index (χ1n) is 10.1. The maximum Gasteiger partial charge on any atom is 0.305 e. The maximum atomic E-state index is 11.9. The monoisotopic (exact) mass is 406 g/mol. The second-order valence-corrected chi connectivity index (χ2v) is 8.01. The molecule has 28 heavy (non-hydrogen) atoms. The number of carbonyl (C=O) groups excluding carboxylic acids is 1. The number of piperidine rings is 1. The van der Waals surface area contributed by atoms with Crippen LogP contribution >= 0.6 is 12.4 Å². The van der Waals surface area contributed by atoms with E-state index in [1.165, 1.54) is 36.6 Å². The molecule has 0 bridgehead atoms. The van der Waals surface area contributed by atoms with E-state index >= 15 is 0 Å². The number of fused-ring (bicyclic) bond motifs is 5. The first-order valence-corrected chi connectivity index (χ1v) is 10.1. The fourth-order valence-electron chi connectivity index (χ4n) is 5.42. The molecule has 2 aliphatic rings. The number of methoxy groups -OCH3 is 2. The average Bonchev–Trinajstić information content (AvgIpc) is 3.09. The molecule has 0 amide bonds. The van der Waals surface area contributed by atoms with Crippen LogP contribution in [0.1, 0.15) is 56.3 Å². The van der Waals surface area contributed by atoms with Gasteiger partial charge in [0.15, 0.2) is 0 Å². The zero-order valence-corrected chi connectivity index (χ0v) is 17.9. The molecule has 0 aliphatic carbocycles. The van der Waals surface area contributed by atoms with Gasteiger partial charge in [-0.15, -0.1) is 12.4 Å². The minimum absolute atomic E-state index is 0. The van der Waals surface area contributed by atoms with Crippen LogP contribution in [-0.2, 0) is 16.0 Å². The summed E-state index contributed by atoms with van der Waals surface area (Å²) < 4.78 is 10.4. The number of esters is 1. The molecule has 0 spiro atoms. The Hall–Kier alpha value is -1.72. The highest BCUT2D eigenvalue weighted by Crippen LogP contribution is 2.54. The second kappa shape index (κ2) is 8.34. The van der Waals surface area contributed by atoms with Crippen LogP contribution in [0.3, 0.4) is 0 Å². The molecule has 1 N–H and O–H groups in total. The minimum Gasteiger partial charge on any atom is -0.497 e. The number of benzene rings is 1. The van der Waals surface area contributed by atoms with Gasteiger partial charge in [-0.05, 0) is 61.8 Å². The van der Waals surface area contributed by atoms with Gasteiger partial charge in [-0.3, -0.25) is 9.69 Å². The van der Waals surface area contributed by atoms with Crippen molar-refractivity contribution >= 4 is 29.3 Å². The molecule has 2 aliphatic heterocycles. The largest absolute Gasteiger partial charge is 0.497 e. The molecule has 154 valence electrons. The van der Waals surface area contributed by atoms with Crippen LogP contribution < -0.4 is 4.74 Å². The molecule has 2 atom stereocenters. The van der Waals surface area contributed by atoms with Gasteiger partial charge < -0.3 is 14.5 Å². The number of H-pyrrole nitrogens is 1. The Kier molecular flexibility index (Phi) is 6.25. The lowest BCUT2D eigenvalue weighted by Gasteiger charge is -2.52. The Morgan fingerprint density at radius 1 is 1.32 bits per heavy atom. The van der Waals surface area contributed by atoms with E-state index in [9.17, 15) is 4.79 Å². The molecule has 2 unspecified atom stereocenters.